The molecule has 4 nitrogen and oxygen atoms in total. The van der Waals surface area contributed by atoms with Crippen molar-refractivity contribution < 1.29 is 9.59 Å². The Kier molecular flexibility index (Phi) is 8.59. The van der Waals surface area contributed by atoms with Gasteiger partial charge < -0.3 is 10.2 Å². The summed E-state index contributed by atoms with van der Waals surface area (Å²) in [6, 6.07) is 25.0. The molecular formula is C30H33ClN2O2. The fourth-order valence-electron chi connectivity index (χ4n) is 4.71. The number of aryl methyl sites for hydroxylation is 1. The van der Waals surface area contributed by atoms with Gasteiger partial charge in [-0.25, -0.2) is 0 Å². The van der Waals surface area contributed by atoms with Gasteiger partial charge in [0.25, 0.3) is 0 Å². The molecule has 1 aliphatic rings. The zero-order valence-electron chi connectivity index (χ0n) is 20.3. The number of carbonyl (C=O) groups excluding carboxylic acids is 2. The van der Waals surface area contributed by atoms with Crippen LogP contribution in [0.2, 0.25) is 5.02 Å². The molecule has 0 spiro atoms. The Hall–Kier alpha value is -3.11. The molecule has 1 saturated carbocycles. The van der Waals surface area contributed by atoms with Gasteiger partial charge in [-0.1, -0.05) is 103 Å². The van der Waals surface area contributed by atoms with Crippen LogP contribution in [0.25, 0.3) is 0 Å². The molecule has 0 bridgehead atoms. The molecule has 1 atom stereocenters. The average molecular weight is 489 g/mol. The minimum absolute atomic E-state index is 0.0868. The highest BCUT2D eigenvalue weighted by Crippen LogP contribution is 2.23. The lowest BCUT2D eigenvalue weighted by Crippen LogP contribution is -2.52. The molecule has 0 aliphatic heterocycles. The number of carbonyl (C=O) groups is 2. The predicted octanol–water partition coefficient (Wildman–Crippen LogP) is 5.89. The number of nitrogens with one attached hydrogen (secondary N) is 1. The van der Waals surface area contributed by atoms with Crippen LogP contribution in [0.15, 0.2) is 78.9 Å². The van der Waals surface area contributed by atoms with E-state index in [0.29, 0.717) is 11.4 Å². The van der Waals surface area contributed by atoms with Crippen molar-refractivity contribution in [2.45, 2.75) is 64.1 Å². The van der Waals surface area contributed by atoms with Crippen LogP contribution in [0.5, 0.6) is 0 Å². The van der Waals surface area contributed by atoms with Crippen molar-refractivity contribution in [1.82, 2.24) is 10.2 Å². The van der Waals surface area contributed by atoms with E-state index < -0.39 is 6.04 Å². The van der Waals surface area contributed by atoms with Crippen LogP contribution in [0.1, 0.15) is 47.9 Å². The molecule has 0 radical (unpaired) electrons. The summed E-state index contributed by atoms with van der Waals surface area (Å²) >= 11 is 6.49. The Morgan fingerprint density at radius 1 is 0.914 bits per heavy atom. The fraction of sp³-hybridized carbons (Fsp3) is 0.333. The second-order valence-electron chi connectivity index (χ2n) is 9.47. The van der Waals surface area contributed by atoms with Gasteiger partial charge in [-0.3, -0.25) is 9.59 Å². The molecule has 0 aromatic heterocycles. The number of rotatable bonds is 9. The molecule has 1 aliphatic carbocycles. The lowest BCUT2D eigenvalue weighted by atomic mass is 10.0. The van der Waals surface area contributed by atoms with Gasteiger partial charge in [-0.2, -0.15) is 0 Å². The van der Waals surface area contributed by atoms with Gasteiger partial charge in [0.1, 0.15) is 6.04 Å². The third kappa shape index (κ3) is 6.95. The van der Waals surface area contributed by atoms with E-state index >= 15 is 0 Å². The minimum Gasteiger partial charge on any atom is -0.352 e. The first-order valence-electron chi connectivity index (χ1n) is 12.4. The van der Waals surface area contributed by atoms with Crippen molar-refractivity contribution in [3.63, 3.8) is 0 Å². The number of hydrogen-bond acceptors (Lipinski definition) is 2. The molecule has 0 unspecified atom stereocenters. The zero-order valence-corrected chi connectivity index (χ0v) is 21.0. The summed E-state index contributed by atoms with van der Waals surface area (Å²) in [5.74, 6) is -0.179. The summed E-state index contributed by atoms with van der Waals surface area (Å²) in [6.45, 7) is 2.30. The topological polar surface area (TPSA) is 49.4 Å². The van der Waals surface area contributed by atoms with Crippen LogP contribution in [0.3, 0.4) is 0 Å². The summed E-state index contributed by atoms with van der Waals surface area (Å²) in [6.07, 6.45) is 4.92. The molecule has 182 valence electrons. The van der Waals surface area contributed by atoms with Crippen LogP contribution < -0.4 is 5.32 Å². The van der Waals surface area contributed by atoms with E-state index in [9.17, 15) is 9.59 Å². The van der Waals surface area contributed by atoms with Crippen molar-refractivity contribution in [3.05, 3.63) is 106 Å². The number of amides is 2. The second kappa shape index (κ2) is 12.0. The van der Waals surface area contributed by atoms with Crippen LogP contribution in [0, 0.1) is 6.92 Å². The first kappa shape index (κ1) is 25.0. The maximum absolute atomic E-state index is 13.8. The third-order valence-corrected chi connectivity index (χ3v) is 7.12. The number of nitrogens with zero attached hydrogens (tertiary/aromatic N) is 1. The normalized spacial score (nSPS) is 14.5. The zero-order chi connectivity index (χ0) is 24.6. The monoisotopic (exact) mass is 488 g/mol. The lowest BCUT2D eigenvalue weighted by Gasteiger charge is -2.32. The van der Waals surface area contributed by atoms with Gasteiger partial charge in [-0.05, 0) is 42.5 Å². The van der Waals surface area contributed by atoms with Gasteiger partial charge >= 0.3 is 0 Å². The van der Waals surface area contributed by atoms with Crippen molar-refractivity contribution >= 4 is 23.4 Å². The Labute approximate surface area is 213 Å². The lowest BCUT2D eigenvalue weighted by molar-refractivity contribution is -0.141. The van der Waals surface area contributed by atoms with Crippen LogP contribution >= 0.6 is 11.6 Å². The molecule has 35 heavy (non-hydrogen) atoms. The van der Waals surface area contributed by atoms with Crippen molar-refractivity contribution in [2.24, 2.45) is 0 Å². The molecule has 0 heterocycles. The predicted molar refractivity (Wildman–Crippen MR) is 141 cm³/mol. The van der Waals surface area contributed by atoms with E-state index in [1.807, 2.05) is 85.8 Å². The highest BCUT2D eigenvalue weighted by atomic mass is 35.5. The number of halogens is 1. The SMILES string of the molecule is Cc1ccc(CC(=O)N(Cc2ccccc2Cl)[C@H](Cc2ccccc2)C(=O)NC2CCCC2)cc1. The maximum atomic E-state index is 13.8. The van der Waals surface area contributed by atoms with E-state index in [4.69, 9.17) is 11.6 Å². The molecule has 4 rings (SSSR count). The summed E-state index contributed by atoms with van der Waals surface area (Å²) in [5.41, 5.74) is 3.93. The molecule has 3 aromatic rings. The van der Waals surface area contributed by atoms with Crippen LogP contribution in [-0.2, 0) is 29.0 Å². The minimum atomic E-state index is -0.632. The molecular weight excluding hydrogens is 456 g/mol. The number of benzene rings is 3. The highest BCUT2D eigenvalue weighted by molar-refractivity contribution is 6.31. The van der Waals surface area contributed by atoms with Gasteiger partial charge in [0, 0.05) is 24.0 Å². The van der Waals surface area contributed by atoms with Gasteiger partial charge in [-0.15, -0.1) is 0 Å². The van der Waals surface area contributed by atoms with Crippen LogP contribution in [-0.4, -0.2) is 28.8 Å². The molecule has 5 heteroatoms. The summed E-state index contributed by atoms with van der Waals surface area (Å²) in [7, 11) is 0. The van der Waals surface area contributed by atoms with E-state index in [0.717, 1.165) is 47.9 Å². The second-order valence-corrected chi connectivity index (χ2v) is 9.88. The van der Waals surface area contributed by atoms with Crippen LogP contribution in [0.4, 0.5) is 0 Å². The molecule has 1 N–H and O–H groups in total. The van der Waals surface area contributed by atoms with Gasteiger partial charge in [0.05, 0.1) is 6.42 Å². The van der Waals surface area contributed by atoms with E-state index in [2.05, 4.69) is 5.32 Å². The first-order chi connectivity index (χ1) is 17.0. The average Bonchev–Trinajstić information content (AvgIpc) is 3.37. The summed E-state index contributed by atoms with van der Waals surface area (Å²) < 4.78 is 0. The molecule has 1 fully saturated rings. The van der Waals surface area contributed by atoms with E-state index in [1.165, 1.54) is 0 Å². The molecule has 3 aromatic carbocycles. The maximum Gasteiger partial charge on any atom is 0.243 e. The van der Waals surface area contributed by atoms with E-state index in [-0.39, 0.29) is 30.8 Å². The third-order valence-electron chi connectivity index (χ3n) is 6.75. The highest BCUT2D eigenvalue weighted by Gasteiger charge is 2.32. The smallest absolute Gasteiger partial charge is 0.243 e. The quantitative estimate of drug-likeness (QED) is 0.408. The standard InChI is InChI=1S/C30H33ClN2O2/c1-22-15-17-24(18-16-22)20-29(34)33(21-25-11-5-8-14-27(25)31)28(19-23-9-3-2-4-10-23)30(35)32-26-12-6-7-13-26/h2-5,8-11,14-18,26,28H,6-7,12-13,19-21H2,1H3,(H,32,35)/t28-/m1/s1. The van der Waals surface area contributed by atoms with Gasteiger partial charge in [0.15, 0.2) is 0 Å². The largest absolute Gasteiger partial charge is 0.352 e. The Bertz CT molecular complexity index is 1120. The van der Waals surface area contributed by atoms with Crippen molar-refractivity contribution in [1.29, 1.82) is 0 Å². The Morgan fingerprint density at radius 2 is 1.57 bits per heavy atom. The Balaban J connectivity index is 1.66. The summed E-state index contributed by atoms with van der Waals surface area (Å²) in [5, 5.41) is 3.83. The van der Waals surface area contributed by atoms with E-state index in [1.54, 1.807) is 4.90 Å². The number of hydrogen-bond donors (Lipinski definition) is 1. The fourth-order valence-corrected chi connectivity index (χ4v) is 4.91. The van der Waals surface area contributed by atoms with Gasteiger partial charge in [0.2, 0.25) is 11.8 Å². The first-order valence-corrected chi connectivity index (χ1v) is 12.8. The Morgan fingerprint density at radius 3 is 2.26 bits per heavy atom. The van der Waals surface area contributed by atoms with Crippen molar-refractivity contribution in [2.75, 3.05) is 0 Å². The molecule has 0 saturated heterocycles. The van der Waals surface area contributed by atoms with Crippen molar-refractivity contribution in [3.8, 4) is 0 Å². The molecule has 2 amide bonds. The summed E-state index contributed by atoms with van der Waals surface area (Å²) in [4.78, 5) is 29.2.